The van der Waals surface area contributed by atoms with Crippen molar-refractivity contribution in [2.75, 3.05) is 12.4 Å². The number of carbonyl (C=O) groups excluding carboxylic acids is 1. The van der Waals surface area contributed by atoms with E-state index < -0.39 is 0 Å². The van der Waals surface area contributed by atoms with Crippen molar-refractivity contribution in [1.29, 1.82) is 0 Å². The van der Waals surface area contributed by atoms with Gasteiger partial charge in [0.15, 0.2) is 6.29 Å². The number of rotatable bonds is 5. The molecule has 2 rings (SSSR count). The number of nitrogens with zero attached hydrogens (tertiary/aromatic N) is 2. The van der Waals surface area contributed by atoms with Crippen molar-refractivity contribution in [2.45, 2.75) is 13.5 Å². The van der Waals surface area contributed by atoms with Crippen LogP contribution in [0.4, 0.5) is 5.82 Å². The summed E-state index contributed by atoms with van der Waals surface area (Å²) in [5.41, 5.74) is 1.27. The molecule has 0 atom stereocenters. The van der Waals surface area contributed by atoms with E-state index >= 15 is 0 Å². The van der Waals surface area contributed by atoms with Crippen LogP contribution in [0.25, 0.3) is 0 Å². The molecule has 0 bridgehead atoms. The maximum atomic E-state index is 11.0. The van der Waals surface area contributed by atoms with Crippen molar-refractivity contribution in [2.24, 2.45) is 0 Å². The molecule has 0 aliphatic carbocycles. The standard InChI is InChI=1S/C14H14ClN3O2/c1-9-17-13(15)12(8-19)14(18-9)16-7-10-4-3-5-11(6-10)20-2/h3-6,8H,7H2,1-2H3,(H,16,17,18). The highest BCUT2D eigenvalue weighted by Gasteiger charge is 2.10. The summed E-state index contributed by atoms with van der Waals surface area (Å²) in [4.78, 5) is 19.2. The summed E-state index contributed by atoms with van der Waals surface area (Å²) < 4.78 is 5.16. The van der Waals surface area contributed by atoms with Gasteiger partial charge in [0.1, 0.15) is 22.5 Å². The van der Waals surface area contributed by atoms with Crippen LogP contribution in [0, 0.1) is 6.92 Å². The molecular weight excluding hydrogens is 278 g/mol. The third-order valence-electron chi connectivity index (χ3n) is 2.72. The van der Waals surface area contributed by atoms with Crippen molar-refractivity contribution >= 4 is 23.7 Å². The molecule has 2 aromatic rings. The lowest BCUT2D eigenvalue weighted by atomic mass is 10.2. The normalized spacial score (nSPS) is 10.2. The topological polar surface area (TPSA) is 64.1 Å². The first-order valence-electron chi connectivity index (χ1n) is 6.00. The third-order valence-corrected chi connectivity index (χ3v) is 3.01. The zero-order valence-electron chi connectivity index (χ0n) is 11.2. The van der Waals surface area contributed by atoms with E-state index in [1.807, 2.05) is 24.3 Å². The lowest BCUT2D eigenvalue weighted by Crippen LogP contribution is -2.07. The first-order valence-corrected chi connectivity index (χ1v) is 6.38. The minimum Gasteiger partial charge on any atom is -0.497 e. The highest BCUT2D eigenvalue weighted by atomic mass is 35.5. The molecule has 20 heavy (non-hydrogen) atoms. The average molecular weight is 292 g/mol. The predicted molar refractivity (Wildman–Crippen MR) is 77.5 cm³/mol. The fraction of sp³-hybridized carbons (Fsp3) is 0.214. The molecule has 104 valence electrons. The number of nitrogens with one attached hydrogen (secondary N) is 1. The molecule has 0 radical (unpaired) electrons. The molecule has 0 amide bonds. The minimum absolute atomic E-state index is 0.153. The van der Waals surface area contributed by atoms with Gasteiger partial charge < -0.3 is 10.1 Å². The van der Waals surface area contributed by atoms with E-state index in [0.717, 1.165) is 11.3 Å². The lowest BCUT2D eigenvalue weighted by molar-refractivity contribution is 0.112. The number of anilines is 1. The Morgan fingerprint density at radius 3 is 2.90 bits per heavy atom. The van der Waals surface area contributed by atoms with Gasteiger partial charge in [0, 0.05) is 6.54 Å². The summed E-state index contributed by atoms with van der Waals surface area (Å²) >= 11 is 5.92. The summed E-state index contributed by atoms with van der Waals surface area (Å²) in [5.74, 6) is 1.71. The van der Waals surface area contributed by atoms with Crippen molar-refractivity contribution in [3.63, 3.8) is 0 Å². The van der Waals surface area contributed by atoms with E-state index in [2.05, 4.69) is 15.3 Å². The zero-order chi connectivity index (χ0) is 14.5. The smallest absolute Gasteiger partial charge is 0.156 e. The Morgan fingerprint density at radius 1 is 1.40 bits per heavy atom. The fourth-order valence-electron chi connectivity index (χ4n) is 1.75. The number of halogens is 1. The summed E-state index contributed by atoms with van der Waals surface area (Å²) in [7, 11) is 1.62. The number of aldehydes is 1. The summed E-state index contributed by atoms with van der Waals surface area (Å²) in [6, 6.07) is 7.62. The van der Waals surface area contributed by atoms with Crippen LogP contribution in [0.2, 0.25) is 5.15 Å². The number of aromatic nitrogens is 2. The first-order chi connectivity index (χ1) is 9.63. The molecule has 5 nitrogen and oxygen atoms in total. The van der Waals surface area contributed by atoms with Gasteiger partial charge in [-0.3, -0.25) is 4.79 Å². The molecule has 1 N–H and O–H groups in total. The molecule has 0 saturated heterocycles. The van der Waals surface area contributed by atoms with Crippen LogP contribution in [0.5, 0.6) is 5.75 Å². The molecule has 0 saturated carbocycles. The SMILES string of the molecule is COc1cccc(CNc2nc(C)nc(Cl)c2C=O)c1. The van der Waals surface area contributed by atoms with E-state index in [1.165, 1.54) is 0 Å². The Balaban J connectivity index is 2.20. The number of methoxy groups -OCH3 is 1. The van der Waals surface area contributed by atoms with Gasteiger partial charge in [0.2, 0.25) is 0 Å². The van der Waals surface area contributed by atoms with Crippen LogP contribution in [-0.2, 0) is 6.54 Å². The molecule has 1 heterocycles. The molecule has 0 unspecified atom stereocenters. The predicted octanol–water partition coefficient (Wildman–Crippen LogP) is 2.87. The molecule has 1 aromatic carbocycles. The number of hydrogen-bond acceptors (Lipinski definition) is 5. The second kappa shape index (κ2) is 6.34. The Labute approximate surface area is 122 Å². The van der Waals surface area contributed by atoms with E-state index in [0.29, 0.717) is 24.5 Å². The third kappa shape index (κ3) is 3.24. The number of ether oxygens (including phenoxy) is 1. The number of hydrogen-bond donors (Lipinski definition) is 1. The van der Waals surface area contributed by atoms with Crippen LogP contribution in [-0.4, -0.2) is 23.4 Å². The number of carbonyl (C=O) groups is 1. The van der Waals surface area contributed by atoms with Crippen molar-refractivity contribution < 1.29 is 9.53 Å². The van der Waals surface area contributed by atoms with Crippen LogP contribution in [0.15, 0.2) is 24.3 Å². The Bertz CT molecular complexity index is 632. The van der Waals surface area contributed by atoms with Crippen LogP contribution in [0.3, 0.4) is 0 Å². The van der Waals surface area contributed by atoms with Crippen molar-refractivity contribution in [1.82, 2.24) is 9.97 Å². The van der Waals surface area contributed by atoms with Crippen LogP contribution in [0.1, 0.15) is 21.7 Å². The molecule has 0 aliphatic heterocycles. The van der Waals surface area contributed by atoms with E-state index in [4.69, 9.17) is 16.3 Å². The summed E-state index contributed by atoms with van der Waals surface area (Å²) in [6.07, 6.45) is 0.648. The molecule has 0 aliphatic rings. The Hall–Kier alpha value is -2.14. The fourth-order valence-corrected chi connectivity index (χ4v) is 2.01. The Morgan fingerprint density at radius 2 is 2.20 bits per heavy atom. The number of aryl methyl sites for hydroxylation is 1. The second-order valence-corrected chi connectivity index (χ2v) is 4.50. The maximum Gasteiger partial charge on any atom is 0.156 e. The Kier molecular flexibility index (Phi) is 4.53. The average Bonchev–Trinajstić information content (AvgIpc) is 2.45. The van der Waals surface area contributed by atoms with Gasteiger partial charge in [0.25, 0.3) is 0 Å². The molecule has 0 fully saturated rings. The molecule has 1 aromatic heterocycles. The number of benzene rings is 1. The van der Waals surface area contributed by atoms with Gasteiger partial charge in [0.05, 0.1) is 12.7 Å². The van der Waals surface area contributed by atoms with E-state index in [-0.39, 0.29) is 10.7 Å². The quantitative estimate of drug-likeness (QED) is 0.678. The molecular formula is C14H14ClN3O2. The van der Waals surface area contributed by atoms with Crippen LogP contribution >= 0.6 is 11.6 Å². The minimum atomic E-state index is 0.153. The van der Waals surface area contributed by atoms with Gasteiger partial charge in [-0.25, -0.2) is 9.97 Å². The highest BCUT2D eigenvalue weighted by molar-refractivity contribution is 6.32. The largest absolute Gasteiger partial charge is 0.497 e. The van der Waals surface area contributed by atoms with Gasteiger partial charge in [-0.05, 0) is 24.6 Å². The van der Waals surface area contributed by atoms with Gasteiger partial charge >= 0.3 is 0 Å². The maximum absolute atomic E-state index is 11.0. The van der Waals surface area contributed by atoms with Crippen molar-refractivity contribution in [3.8, 4) is 5.75 Å². The summed E-state index contributed by atoms with van der Waals surface area (Å²) in [5, 5.41) is 3.24. The molecule has 0 spiro atoms. The van der Waals surface area contributed by atoms with Gasteiger partial charge in [-0.2, -0.15) is 0 Å². The zero-order valence-corrected chi connectivity index (χ0v) is 11.9. The van der Waals surface area contributed by atoms with Gasteiger partial charge in [-0.1, -0.05) is 23.7 Å². The molecule has 6 heteroatoms. The van der Waals surface area contributed by atoms with Crippen molar-refractivity contribution in [3.05, 3.63) is 46.4 Å². The highest BCUT2D eigenvalue weighted by Crippen LogP contribution is 2.20. The second-order valence-electron chi connectivity index (χ2n) is 4.15. The van der Waals surface area contributed by atoms with Crippen LogP contribution < -0.4 is 10.1 Å². The van der Waals surface area contributed by atoms with Gasteiger partial charge in [-0.15, -0.1) is 0 Å². The van der Waals surface area contributed by atoms with E-state index in [9.17, 15) is 4.79 Å². The first kappa shape index (κ1) is 14.3. The van der Waals surface area contributed by atoms with E-state index in [1.54, 1.807) is 14.0 Å². The monoisotopic (exact) mass is 291 g/mol. The summed E-state index contributed by atoms with van der Waals surface area (Å²) in [6.45, 7) is 2.22. The lowest BCUT2D eigenvalue weighted by Gasteiger charge is -2.10.